The molecule has 2 aromatic rings. The van der Waals surface area contributed by atoms with Crippen LogP contribution in [0.1, 0.15) is 36.1 Å². The fourth-order valence-electron chi connectivity index (χ4n) is 3.44. The number of aromatic nitrogens is 3. The first-order chi connectivity index (χ1) is 11.1. The molecule has 1 aliphatic heterocycles. The predicted molar refractivity (Wildman–Crippen MR) is 82.4 cm³/mol. The second-order valence-corrected chi connectivity index (χ2v) is 6.35. The first-order valence-corrected chi connectivity index (χ1v) is 7.79. The summed E-state index contributed by atoms with van der Waals surface area (Å²) in [6, 6.07) is 9.39. The molecule has 1 aliphatic carbocycles. The topological polar surface area (TPSA) is 87.9 Å². The van der Waals surface area contributed by atoms with Crippen molar-refractivity contribution in [3.05, 3.63) is 41.7 Å². The third kappa shape index (κ3) is 2.36. The van der Waals surface area contributed by atoms with Gasteiger partial charge in [-0.1, -0.05) is 30.3 Å². The molecular formula is C16H18FN5O. The number of carbonyl (C=O) groups is 1. The number of likely N-dealkylation sites (tertiary alicyclic amines) is 1. The van der Waals surface area contributed by atoms with E-state index in [1.54, 1.807) is 4.90 Å². The molecule has 0 bridgehead atoms. The Morgan fingerprint density at radius 2 is 2.17 bits per heavy atom. The van der Waals surface area contributed by atoms with Gasteiger partial charge in [0, 0.05) is 31.3 Å². The zero-order valence-corrected chi connectivity index (χ0v) is 12.6. The minimum absolute atomic E-state index is 0.0428. The van der Waals surface area contributed by atoms with E-state index in [1.807, 2.05) is 30.3 Å². The van der Waals surface area contributed by atoms with E-state index in [9.17, 15) is 9.18 Å². The number of aromatic amines is 1. The molecule has 6 nitrogen and oxygen atoms in total. The Hall–Kier alpha value is -2.44. The number of nitrogens with one attached hydrogen (secondary N) is 1. The van der Waals surface area contributed by atoms with Crippen molar-refractivity contribution in [1.82, 2.24) is 20.1 Å². The number of nitrogens with two attached hydrogens (primary N) is 1. The van der Waals surface area contributed by atoms with Crippen LogP contribution in [0.4, 0.5) is 10.3 Å². The maximum absolute atomic E-state index is 15.0. The van der Waals surface area contributed by atoms with Gasteiger partial charge in [-0.15, -0.1) is 5.10 Å². The van der Waals surface area contributed by atoms with E-state index in [0.29, 0.717) is 18.9 Å². The second kappa shape index (κ2) is 5.04. The SMILES string of the molecule is Nc1n[nH]c(C2CCN(C(=O)[C@]3(F)C[C@H]3c3ccccc3)C2)n1. The van der Waals surface area contributed by atoms with Gasteiger partial charge in [-0.25, -0.2) is 4.39 Å². The molecule has 120 valence electrons. The van der Waals surface area contributed by atoms with Crippen molar-refractivity contribution in [2.75, 3.05) is 18.8 Å². The molecule has 2 heterocycles. The van der Waals surface area contributed by atoms with Gasteiger partial charge in [-0.05, 0) is 12.0 Å². The number of anilines is 1. The number of amides is 1. The molecular weight excluding hydrogens is 297 g/mol. The molecule has 0 spiro atoms. The summed E-state index contributed by atoms with van der Waals surface area (Å²) in [5.74, 6) is 0.179. The Bertz CT molecular complexity index is 733. The van der Waals surface area contributed by atoms with E-state index >= 15 is 0 Å². The van der Waals surface area contributed by atoms with Gasteiger partial charge in [0.1, 0.15) is 5.82 Å². The lowest BCUT2D eigenvalue weighted by Gasteiger charge is -2.19. The van der Waals surface area contributed by atoms with E-state index in [2.05, 4.69) is 15.2 Å². The normalized spacial score (nSPS) is 29.7. The van der Waals surface area contributed by atoms with Gasteiger partial charge in [0.2, 0.25) is 5.95 Å². The van der Waals surface area contributed by atoms with Crippen LogP contribution < -0.4 is 5.73 Å². The molecule has 1 amide bonds. The van der Waals surface area contributed by atoms with Crippen LogP contribution in [0.25, 0.3) is 0 Å². The van der Waals surface area contributed by atoms with Gasteiger partial charge in [0.25, 0.3) is 5.91 Å². The number of hydrogen-bond acceptors (Lipinski definition) is 4. The average Bonchev–Trinajstić information content (AvgIpc) is 2.94. The molecule has 0 radical (unpaired) electrons. The van der Waals surface area contributed by atoms with Crippen molar-refractivity contribution in [2.24, 2.45) is 0 Å². The number of nitrogen functional groups attached to an aromatic ring is 1. The number of H-pyrrole nitrogens is 1. The van der Waals surface area contributed by atoms with Crippen LogP contribution >= 0.6 is 0 Å². The lowest BCUT2D eigenvalue weighted by molar-refractivity contribution is -0.137. The van der Waals surface area contributed by atoms with E-state index in [-0.39, 0.29) is 24.2 Å². The first-order valence-electron chi connectivity index (χ1n) is 7.79. The van der Waals surface area contributed by atoms with Crippen LogP contribution in [0, 0.1) is 0 Å². The average molecular weight is 315 g/mol. The summed E-state index contributed by atoms with van der Waals surface area (Å²) in [7, 11) is 0. The maximum atomic E-state index is 15.0. The summed E-state index contributed by atoms with van der Waals surface area (Å²) in [4.78, 5) is 18.3. The fourth-order valence-corrected chi connectivity index (χ4v) is 3.44. The largest absolute Gasteiger partial charge is 0.367 e. The molecule has 4 rings (SSSR count). The quantitative estimate of drug-likeness (QED) is 0.900. The van der Waals surface area contributed by atoms with Gasteiger partial charge in [0.15, 0.2) is 5.67 Å². The molecule has 3 N–H and O–H groups in total. The zero-order chi connectivity index (χ0) is 16.0. The monoisotopic (exact) mass is 315 g/mol. The van der Waals surface area contributed by atoms with Gasteiger partial charge in [-0.3, -0.25) is 9.89 Å². The van der Waals surface area contributed by atoms with Crippen molar-refractivity contribution < 1.29 is 9.18 Å². The summed E-state index contributed by atoms with van der Waals surface area (Å²) in [6.07, 6.45) is 1.01. The van der Waals surface area contributed by atoms with Crippen LogP contribution in [0.5, 0.6) is 0 Å². The number of alkyl halides is 1. The molecule has 2 aliphatic rings. The zero-order valence-electron chi connectivity index (χ0n) is 12.6. The van der Waals surface area contributed by atoms with Gasteiger partial charge < -0.3 is 10.6 Å². The number of benzene rings is 1. The maximum Gasteiger partial charge on any atom is 0.260 e. The summed E-state index contributed by atoms with van der Waals surface area (Å²) >= 11 is 0. The molecule has 1 saturated heterocycles. The Labute approximate surface area is 132 Å². The van der Waals surface area contributed by atoms with Crippen molar-refractivity contribution in [1.29, 1.82) is 0 Å². The van der Waals surface area contributed by atoms with Gasteiger partial charge in [-0.2, -0.15) is 4.98 Å². The first kappa shape index (κ1) is 14.2. The highest BCUT2D eigenvalue weighted by atomic mass is 19.1. The summed E-state index contributed by atoms with van der Waals surface area (Å²) in [5, 5.41) is 6.59. The Morgan fingerprint density at radius 1 is 1.39 bits per heavy atom. The third-order valence-electron chi connectivity index (χ3n) is 4.83. The van der Waals surface area contributed by atoms with Crippen LogP contribution in [-0.4, -0.2) is 44.7 Å². The van der Waals surface area contributed by atoms with Crippen molar-refractivity contribution >= 4 is 11.9 Å². The molecule has 1 unspecified atom stereocenters. The van der Waals surface area contributed by atoms with E-state index in [1.165, 1.54) is 0 Å². The smallest absolute Gasteiger partial charge is 0.260 e. The van der Waals surface area contributed by atoms with Crippen LogP contribution in [0.3, 0.4) is 0 Å². The van der Waals surface area contributed by atoms with E-state index in [4.69, 9.17) is 5.73 Å². The molecule has 1 saturated carbocycles. The van der Waals surface area contributed by atoms with Crippen molar-refractivity contribution in [3.63, 3.8) is 0 Å². The second-order valence-electron chi connectivity index (χ2n) is 6.35. The Balaban J connectivity index is 1.44. The number of hydrogen-bond donors (Lipinski definition) is 2. The highest BCUT2D eigenvalue weighted by Gasteiger charge is 2.63. The highest BCUT2D eigenvalue weighted by molar-refractivity contribution is 5.90. The Kier molecular flexibility index (Phi) is 3.11. The third-order valence-corrected chi connectivity index (χ3v) is 4.83. The van der Waals surface area contributed by atoms with Crippen LogP contribution in [0.15, 0.2) is 30.3 Å². The molecule has 2 fully saturated rings. The molecule has 23 heavy (non-hydrogen) atoms. The number of nitrogens with zero attached hydrogens (tertiary/aromatic N) is 3. The van der Waals surface area contributed by atoms with Gasteiger partial charge >= 0.3 is 0 Å². The van der Waals surface area contributed by atoms with E-state index < -0.39 is 11.6 Å². The Morgan fingerprint density at radius 3 is 2.87 bits per heavy atom. The number of rotatable bonds is 3. The van der Waals surface area contributed by atoms with E-state index in [0.717, 1.165) is 12.0 Å². The van der Waals surface area contributed by atoms with Gasteiger partial charge in [0.05, 0.1) is 0 Å². The molecule has 1 aromatic carbocycles. The molecule has 3 atom stereocenters. The number of carbonyl (C=O) groups excluding carboxylic acids is 1. The van der Waals surface area contributed by atoms with Crippen LogP contribution in [-0.2, 0) is 4.79 Å². The lowest BCUT2D eigenvalue weighted by atomic mass is 10.1. The predicted octanol–water partition coefficient (Wildman–Crippen LogP) is 1.60. The van der Waals surface area contributed by atoms with Crippen molar-refractivity contribution in [3.8, 4) is 0 Å². The highest BCUT2D eigenvalue weighted by Crippen LogP contribution is 2.56. The standard InChI is InChI=1S/C16H18FN5O/c17-16(8-12(16)10-4-2-1-3-5-10)14(23)22-7-6-11(9-22)13-19-15(18)21-20-13/h1-5,11-12H,6-9H2,(H3,18,19,20,21)/t11?,12-,16-/m0/s1. The minimum Gasteiger partial charge on any atom is -0.367 e. The summed E-state index contributed by atoms with van der Waals surface area (Å²) < 4.78 is 15.0. The number of halogens is 1. The molecule has 1 aromatic heterocycles. The molecule has 7 heteroatoms. The van der Waals surface area contributed by atoms with Crippen LogP contribution in [0.2, 0.25) is 0 Å². The van der Waals surface area contributed by atoms with Crippen molar-refractivity contribution in [2.45, 2.75) is 30.3 Å². The lowest BCUT2D eigenvalue weighted by Crippen LogP contribution is -2.37. The minimum atomic E-state index is -1.75. The summed E-state index contributed by atoms with van der Waals surface area (Å²) in [5.41, 5.74) is 4.65. The fraction of sp³-hybridized carbons (Fsp3) is 0.438. The summed E-state index contributed by atoms with van der Waals surface area (Å²) in [6.45, 7) is 0.998.